The molecule has 0 unspecified atom stereocenters. The highest BCUT2D eigenvalue weighted by Gasteiger charge is 2.24. The van der Waals surface area contributed by atoms with E-state index in [2.05, 4.69) is 10.2 Å². The Kier molecular flexibility index (Phi) is 3.88. The molecular weight excluding hydrogens is 302 g/mol. The maximum Gasteiger partial charge on any atom is 0.252 e. The molecule has 8 nitrogen and oxygen atoms in total. The average Bonchev–Trinajstić information content (AvgIpc) is 2.99. The standard InChI is InChI=1S/C10H13N5O3S2/c1-14-6-12-13-8(14)4-15(2)20(17,18)9-3-7(5-19-9)10(11)16/h3,5-6H,4H2,1-2H3,(H2,11,16). The fraction of sp³-hybridized carbons (Fsp3) is 0.300. The van der Waals surface area contributed by atoms with Crippen LogP contribution in [0.2, 0.25) is 0 Å². The third-order valence-electron chi connectivity index (χ3n) is 2.69. The van der Waals surface area contributed by atoms with Gasteiger partial charge in [0.1, 0.15) is 16.4 Å². The lowest BCUT2D eigenvalue weighted by atomic mass is 10.3. The molecule has 0 aromatic carbocycles. The maximum absolute atomic E-state index is 12.3. The van der Waals surface area contributed by atoms with E-state index in [4.69, 9.17) is 5.73 Å². The normalized spacial score (nSPS) is 11.9. The van der Waals surface area contributed by atoms with E-state index in [0.717, 1.165) is 15.6 Å². The summed E-state index contributed by atoms with van der Waals surface area (Å²) in [6, 6.07) is 1.27. The van der Waals surface area contributed by atoms with Gasteiger partial charge in [-0.15, -0.1) is 21.5 Å². The van der Waals surface area contributed by atoms with Crippen LogP contribution in [0.5, 0.6) is 0 Å². The van der Waals surface area contributed by atoms with Gasteiger partial charge in [0, 0.05) is 19.5 Å². The van der Waals surface area contributed by atoms with Gasteiger partial charge in [0.15, 0.2) is 0 Å². The monoisotopic (exact) mass is 315 g/mol. The molecule has 10 heteroatoms. The van der Waals surface area contributed by atoms with Crippen molar-refractivity contribution in [3.63, 3.8) is 0 Å². The zero-order valence-electron chi connectivity index (χ0n) is 10.8. The molecule has 2 aromatic rings. The molecule has 0 aliphatic rings. The Morgan fingerprint density at radius 2 is 2.25 bits per heavy atom. The van der Waals surface area contributed by atoms with Gasteiger partial charge in [0.2, 0.25) is 5.91 Å². The van der Waals surface area contributed by atoms with Crippen LogP contribution >= 0.6 is 11.3 Å². The second kappa shape index (κ2) is 5.31. The molecule has 0 saturated heterocycles. The summed E-state index contributed by atoms with van der Waals surface area (Å²) in [5.74, 6) is -0.138. The van der Waals surface area contributed by atoms with Crippen LogP contribution in [-0.4, -0.2) is 40.4 Å². The maximum atomic E-state index is 12.3. The van der Waals surface area contributed by atoms with Crippen LogP contribution in [0.15, 0.2) is 22.0 Å². The lowest BCUT2D eigenvalue weighted by Gasteiger charge is -2.15. The quantitative estimate of drug-likeness (QED) is 0.821. The van der Waals surface area contributed by atoms with Crippen molar-refractivity contribution in [1.82, 2.24) is 19.1 Å². The van der Waals surface area contributed by atoms with E-state index < -0.39 is 15.9 Å². The van der Waals surface area contributed by atoms with Crippen LogP contribution in [0, 0.1) is 0 Å². The Balaban J connectivity index is 2.25. The number of carbonyl (C=O) groups is 1. The zero-order valence-corrected chi connectivity index (χ0v) is 12.5. The molecule has 1 amide bonds. The molecule has 0 radical (unpaired) electrons. The van der Waals surface area contributed by atoms with Crippen LogP contribution in [0.1, 0.15) is 16.2 Å². The lowest BCUT2D eigenvalue weighted by molar-refractivity contribution is 0.100. The molecule has 2 N–H and O–H groups in total. The van der Waals surface area contributed by atoms with Crippen LogP contribution in [-0.2, 0) is 23.6 Å². The first-order valence-electron chi connectivity index (χ1n) is 5.50. The van der Waals surface area contributed by atoms with Gasteiger partial charge in [-0.05, 0) is 6.07 Å². The number of hydrogen-bond donors (Lipinski definition) is 1. The van der Waals surface area contributed by atoms with Gasteiger partial charge < -0.3 is 10.3 Å². The molecule has 2 heterocycles. The van der Waals surface area contributed by atoms with Gasteiger partial charge in [-0.2, -0.15) is 4.31 Å². The summed E-state index contributed by atoms with van der Waals surface area (Å²) in [5.41, 5.74) is 5.29. The van der Waals surface area contributed by atoms with Gasteiger partial charge in [0.25, 0.3) is 10.0 Å². The van der Waals surface area contributed by atoms with E-state index in [1.54, 1.807) is 11.6 Å². The zero-order chi connectivity index (χ0) is 14.9. The number of rotatable bonds is 5. The first-order valence-corrected chi connectivity index (χ1v) is 7.82. The highest BCUT2D eigenvalue weighted by molar-refractivity contribution is 7.91. The van der Waals surface area contributed by atoms with E-state index in [1.807, 2.05) is 0 Å². The summed E-state index contributed by atoms with van der Waals surface area (Å²) in [6.45, 7) is 0.0860. The number of nitrogens with two attached hydrogens (primary N) is 1. The number of aryl methyl sites for hydroxylation is 1. The number of amides is 1. The van der Waals surface area contributed by atoms with Gasteiger partial charge in [-0.25, -0.2) is 8.42 Å². The molecule has 0 aliphatic carbocycles. The molecule has 0 fully saturated rings. The average molecular weight is 315 g/mol. The molecule has 0 aliphatic heterocycles. The summed E-state index contributed by atoms with van der Waals surface area (Å²) in [5, 5.41) is 8.94. The molecule has 0 atom stereocenters. The van der Waals surface area contributed by atoms with Crippen molar-refractivity contribution < 1.29 is 13.2 Å². The number of sulfonamides is 1. The minimum atomic E-state index is -3.68. The largest absolute Gasteiger partial charge is 0.366 e. The minimum absolute atomic E-state index is 0.0657. The van der Waals surface area contributed by atoms with E-state index in [0.29, 0.717) is 5.82 Å². The number of thiophene rings is 1. The van der Waals surface area contributed by atoms with Crippen molar-refractivity contribution in [2.24, 2.45) is 12.8 Å². The molecule has 2 rings (SSSR count). The molecule has 0 saturated carbocycles. The molecule has 20 heavy (non-hydrogen) atoms. The summed E-state index contributed by atoms with van der Waals surface area (Å²) in [6.07, 6.45) is 1.49. The number of nitrogens with zero attached hydrogens (tertiary/aromatic N) is 4. The summed E-state index contributed by atoms with van der Waals surface area (Å²) in [4.78, 5) is 11.0. The number of primary amides is 1. The SMILES string of the molecule is CN(Cc1nncn1C)S(=O)(=O)c1cc(C(N)=O)cs1. The highest BCUT2D eigenvalue weighted by Crippen LogP contribution is 2.23. The van der Waals surface area contributed by atoms with Crippen molar-refractivity contribution in [2.75, 3.05) is 7.05 Å². The number of aromatic nitrogens is 3. The predicted molar refractivity (Wildman–Crippen MR) is 72.5 cm³/mol. The number of carbonyl (C=O) groups excluding carboxylic acids is 1. The Morgan fingerprint density at radius 3 is 2.75 bits per heavy atom. The third-order valence-corrected chi connectivity index (χ3v) is 5.91. The van der Waals surface area contributed by atoms with Crippen molar-refractivity contribution in [3.05, 3.63) is 29.2 Å². The van der Waals surface area contributed by atoms with E-state index in [1.165, 1.54) is 24.8 Å². The summed E-state index contributed by atoms with van der Waals surface area (Å²) in [7, 11) is -0.515. The van der Waals surface area contributed by atoms with Crippen LogP contribution in [0.3, 0.4) is 0 Å². The minimum Gasteiger partial charge on any atom is -0.366 e. The van der Waals surface area contributed by atoms with Crippen LogP contribution in [0.4, 0.5) is 0 Å². The Bertz CT molecular complexity index is 734. The highest BCUT2D eigenvalue weighted by atomic mass is 32.2. The van der Waals surface area contributed by atoms with Crippen LogP contribution < -0.4 is 5.73 Å². The van der Waals surface area contributed by atoms with Crippen molar-refractivity contribution in [2.45, 2.75) is 10.8 Å². The van der Waals surface area contributed by atoms with E-state index in [9.17, 15) is 13.2 Å². The smallest absolute Gasteiger partial charge is 0.252 e. The lowest BCUT2D eigenvalue weighted by Crippen LogP contribution is -2.27. The van der Waals surface area contributed by atoms with Crippen LogP contribution in [0.25, 0.3) is 0 Å². The predicted octanol–water partition coefficient (Wildman–Crippen LogP) is -0.204. The van der Waals surface area contributed by atoms with Gasteiger partial charge >= 0.3 is 0 Å². The molecular formula is C10H13N5O3S2. The van der Waals surface area contributed by atoms with Crippen molar-refractivity contribution in [3.8, 4) is 0 Å². The van der Waals surface area contributed by atoms with Gasteiger partial charge in [0.05, 0.1) is 12.1 Å². The van der Waals surface area contributed by atoms with Crippen molar-refractivity contribution >= 4 is 27.3 Å². The molecule has 108 valence electrons. The first kappa shape index (κ1) is 14.6. The fourth-order valence-corrected chi connectivity index (χ4v) is 3.97. The second-order valence-electron chi connectivity index (χ2n) is 4.14. The van der Waals surface area contributed by atoms with E-state index >= 15 is 0 Å². The van der Waals surface area contributed by atoms with Gasteiger partial charge in [-0.1, -0.05) is 0 Å². The molecule has 0 bridgehead atoms. The molecule has 2 aromatic heterocycles. The Hall–Kier alpha value is -1.78. The summed E-state index contributed by atoms with van der Waals surface area (Å²) < 4.78 is 27.5. The second-order valence-corrected chi connectivity index (χ2v) is 7.32. The molecule has 0 spiro atoms. The van der Waals surface area contributed by atoms with Crippen molar-refractivity contribution in [1.29, 1.82) is 0 Å². The third kappa shape index (κ3) is 2.71. The van der Waals surface area contributed by atoms with Gasteiger partial charge in [-0.3, -0.25) is 4.79 Å². The Labute approximate surface area is 119 Å². The number of hydrogen-bond acceptors (Lipinski definition) is 6. The Morgan fingerprint density at radius 1 is 1.55 bits per heavy atom. The fourth-order valence-electron chi connectivity index (χ4n) is 1.47. The first-order chi connectivity index (χ1) is 9.32. The topological polar surface area (TPSA) is 111 Å². The summed E-state index contributed by atoms with van der Waals surface area (Å²) >= 11 is 0.957. The van der Waals surface area contributed by atoms with E-state index in [-0.39, 0.29) is 16.3 Å².